The van der Waals surface area contributed by atoms with Gasteiger partial charge in [-0.1, -0.05) is 11.3 Å². The van der Waals surface area contributed by atoms with Crippen molar-refractivity contribution < 1.29 is 4.74 Å². The lowest BCUT2D eigenvalue weighted by molar-refractivity contribution is 0.417. The molecule has 7 heteroatoms. The number of nitrogens with zero attached hydrogens (tertiary/aromatic N) is 4. The van der Waals surface area contributed by atoms with Crippen LogP contribution in [0.4, 0.5) is 0 Å². The van der Waals surface area contributed by atoms with Gasteiger partial charge in [-0.25, -0.2) is 0 Å². The molecule has 0 aliphatic carbocycles. The summed E-state index contributed by atoms with van der Waals surface area (Å²) in [7, 11) is 1.57. The number of nitrogens with one attached hydrogen (secondary N) is 1. The number of hydrogen-bond acceptors (Lipinski definition) is 5. The maximum Gasteiger partial charge on any atom is 0.194 e. The summed E-state index contributed by atoms with van der Waals surface area (Å²) >= 11 is 0. The Hall–Kier alpha value is -2.70. The van der Waals surface area contributed by atoms with Crippen molar-refractivity contribution in [2.24, 2.45) is 0 Å². The summed E-state index contributed by atoms with van der Waals surface area (Å²) in [5.74, 6) is 1.18. The summed E-state index contributed by atoms with van der Waals surface area (Å²) in [4.78, 5) is 11.9. The summed E-state index contributed by atoms with van der Waals surface area (Å²) in [5.41, 5.74) is 0.681. The van der Waals surface area contributed by atoms with E-state index in [0.717, 1.165) is 5.52 Å². The highest BCUT2D eigenvalue weighted by Crippen LogP contribution is 2.23. The number of aromatic amines is 1. The molecule has 3 aromatic rings. The van der Waals surface area contributed by atoms with Crippen LogP contribution < -0.4 is 10.2 Å². The van der Waals surface area contributed by atoms with Gasteiger partial charge >= 0.3 is 0 Å². The van der Waals surface area contributed by atoms with Crippen LogP contribution in [-0.4, -0.2) is 32.3 Å². The second-order valence-electron chi connectivity index (χ2n) is 3.99. The van der Waals surface area contributed by atoms with Crippen LogP contribution in [0.3, 0.4) is 0 Å². The first-order chi connectivity index (χ1) is 9.29. The SMILES string of the molecule is COc1cccc2c(=O)ccn(Cc3nn[nH]n3)c12. The lowest BCUT2D eigenvalue weighted by Gasteiger charge is -2.11. The fourth-order valence-electron chi connectivity index (χ4n) is 2.04. The van der Waals surface area contributed by atoms with Gasteiger partial charge in [-0.05, 0) is 12.1 Å². The first-order valence-corrected chi connectivity index (χ1v) is 5.68. The van der Waals surface area contributed by atoms with E-state index < -0.39 is 0 Å². The summed E-state index contributed by atoms with van der Waals surface area (Å²) in [6, 6.07) is 6.89. The standard InChI is InChI=1S/C12H11N5O2/c1-19-10-4-2-3-8-9(18)5-6-17(12(8)10)7-11-13-15-16-14-11/h2-6H,7H2,1H3,(H,13,14,15,16). The number of H-pyrrole nitrogens is 1. The summed E-state index contributed by atoms with van der Waals surface area (Å²) < 4.78 is 7.18. The van der Waals surface area contributed by atoms with Crippen molar-refractivity contribution >= 4 is 10.9 Å². The van der Waals surface area contributed by atoms with Gasteiger partial charge in [0.15, 0.2) is 11.3 Å². The number of ether oxygens (including phenoxy) is 1. The van der Waals surface area contributed by atoms with E-state index in [1.807, 2.05) is 10.6 Å². The van der Waals surface area contributed by atoms with E-state index in [0.29, 0.717) is 23.5 Å². The number of aromatic nitrogens is 5. The van der Waals surface area contributed by atoms with Gasteiger partial charge in [-0.15, -0.1) is 10.2 Å². The first kappa shape index (κ1) is 11.4. The Balaban J connectivity index is 2.24. The normalized spacial score (nSPS) is 10.8. The van der Waals surface area contributed by atoms with Gasteiger partial charge in [0.05, 0.1) is 19.2 Å². The van der Waals surface area contributed by atoms with Gasteiger partial charge in [-0.2, -0.15) is 5.21 Å². The van der Waals surface area contributed by atoms with Crippen molar-refractivity contribution in [1.82, 2.24) is 25.2 Å². The molecular formula is C12H11N5O2. The van der Waals surface area contributed by atoms with Gasteiger partial charge in [0.25, 0.3) is 0 Å². The molecule has 19 heavy (non-hydrogen) atoms. The summed E-state index contributed by atoms with van der Waals surface area (Å²) in [6.45, 7) is 0.410. The van der Waals surface area contributed by atoms with Gasteiger partial charge in [0.2, 0.25) is 0 Å². The minimum atomic E-state index is -0.0433. The Morgan fingerprint density at radius 2 is 2.26 bits per heavy atom. The van der Waals surface area contributed by atoms with Crippen LogP contribution in [0, 0.1) is 0 Å². The average Bonchev–Trinajstić information content (AvgIpc) is 2.94. The fraction of sp³-hybridized carbons (Fsp3) is 0.167. The number of hydrogen-bond donors (Lipinski definition) is 1. The molecule has 0 atom stereocenters. The number of fused-ring (bicyclic) bond motifs is 1. The van der Waals surface area contributed by atoms with E-state index in [1.165, 1.54) is 6.07 Å². The molecule has 0 unspecified atom stereocenters. The van der Waals surface area contributed by atoms with Crippen molar-refractivity contribution in [3.63, 3.8) is 0 Å². The molecule has 0 aliphatic heterocycles. The highest BCUT2D eigenvalue weighted by molar-refractivity contribution is 5.84. The number of rotatable bonds is 3. The van der Waals surface area contributed by atoms with Crippen molar-refractivity contribution in [2.75, 3.05) is 7.11 Å². The highest BCUT2D eigenvalue weighted by atomic mass is 16.5. The molecule has 1 aromatic carbocycles. The number of methoxy groups -OCH3 is 1. The third-order valence-corrected chi connectivity index (χ3v) is 2.88. The minimum Gasteiger partial charge on any atom is -0.495 e. The molecule has 2 heterocycles. The number of pyridine rings is 1. The monoisotopic (exact) mass is 257 g/mol. The molecule has 0 fully saturated rings. The van der Waals surface area contributed by atoms with Crippen LogP contribution in [0.5, 0.6) is 5.75 Å². The Morgan fingerprint density at radius 3 is 3.00 bits per heavy atom. The molecule has 7 nitrogen and oxygen atoms in total. The third kappa shape index (κ3) is 1.95. The number of tetrazole rings is 1. The zero-order chi connectivity index (χ0) is 13.2. The number of para-hydroxylation sites is 1. The molecule has 96 valence electrons. The highest BCUT2D eigenvalue weighted by Gasteiger charge is 2.10. The van der Waals surface area contributed by atoms with Crippen molar-refractivity contribution in [1.29, 1.82) is 0 Å². The predicted molar refractivity (Wildman–Crippen MR) is 68.0 cm³/mol. The second kappa shape index (κ2) is 4.52. The Bertz CT molecular complexity index is 763. The smallest absolute Gasteiger partial charge is 0.194 e. The average molecular weight is 257 g/mol. The quantitative estimate of drug-likeness (QED) is 0.741. The van der Waals surface area contributed by atoms with Crippen LogP contribution in [0.1, 0.15) is 5.82 Å². The van der Waals surface area contributed by atoms with E-state index in [9.17, 15) is 4.79 Å². The molecule has 0 saturated carbocycles. The van der Waals surface area contributed by atoms with Gasteiger partial charge in [-0.3, -0.25) is 4.79 Å². The number of benzene rings is 1. The van der Waals surface area contributed by atoms with Crippen molar-refractivity contribution in [3.05, 3.63) is 46.5 Å². The second-order valence-corrected chi connectivity index (χ2v) is 3.99. The molecule has 0 saturated heterocycles. The van der Waals surface area contributed by atoms with Crippen LogP contribution in [-0.2, 0) is 6.54 Å². The van der Waals surface area contributed by atoms with Crippen LogP contribution in [0.15, 0.2) is 35.3 Å². The zero-order valence-electron chi connectivity index (χ0n) is 10.2. The van der Waals surface area contributed by atoms with Gasteiger partial charge in [0.1, 0.15) is 5.75 Å². The molecule has 0 bridgehead atoms. The van der Waals surface area contributed by atoms with Crippen LogP contribution in [0.2, 0.25) is 0 Å². The molecular weight excluding hydrogens is 246 g/mol. The maximum absolute atomic E-state index is 11.9. The molecule has 0 aliphatic rings. The predicted octanol–water partition coefficient (Wildman–Crippen LogP) is 0.571. The van der Waals surface area contributed by atoms with E-state index in [1.54, 1.807) is 25.4 Å². The summed E-state index contributed by atoms with van der Waals surface area (Å²) in [6.07, 6.45) is 1.70. The Morgan fingerprint density at radius 1 is 1.37 bits per heavy atom. The topological polar surface area (TPSA) is 85.7 Å². The van der Waals surface area contributed by atoms with Crippen molar-refractivity contribution in [2.45, 2.75) is 6.54 Å². The molecule has 0 radical (unpaired) electrons. The maximum atomic E-state index is 11.9. The summed E-state index contributed by atoms with van der Waals surface area (Å²) in [5, 5.41) is 14.3. The molecule has 1 N–H and O–H groups in total. The largest absolute Gasteiger partial charge is 0.495 e. The zero-order valence-corrected chi connectivity index (χ0v) is 10.2. The van der Waals surface area contributed by atoms with Gasteiger partial charge in [0, 0.05) is 17.6 Å². The van der Waals surface area contributed by atoms with E-state index in [-0.39, 0.29) is 5.43 Å². The molecule has 2 aromatic heterocycles. The first-order valence-electron chi connectivity index (χ1n) is 5.68. The lowest BCUT2D eigenvalue weighted by Crippen LogP contribution is -2.10. The molecule has 0 amide bonds. The van der Waals surface area contributed by atoms with E-state index >= 15 is 0 Å². The minimum absolute atomic E-state index is 0.0433. The Labute approximate surface area is 107 Å². The van der Waals surface area contributed by atoms with E-state index in [2.05, 4.69) is 20.6 Å². The lowest BCUT2D eigenvalue weighted by atomic mass is 10.2. The van der Waals surface area contributed by atoms with Crippen LogP contribution >= 0.6 is 0 Å². The molecule has 3 rings (SSSR count). The van der Waals surface area contributed by atoms with Crippen LogP contribution in [0.25, 0.3) is 10.9 Å². The Kier molecular flexibility index (Phi) is 2.71. The van der Waals surface area contributed by atoms with E-state index in [4.69, 9.17) is 4.74 Å². The third-order valence-electron chi connectivity index (χ3n) is 2.88. The fourth-order valence-corrected chi connectivity index (χ4v) is 2.04. The molecule has 0 spiro atoms. The van der Waals surface area contributed by atoms with Gasteiger partial charge < -0.3 is 9.30 Å². The van der Waals surface area contributed by atoms with Crippen molar-refractivity contribution in [3.8, 4) is 5.75 Å².